The minimum Gasteiger partial charge on any atom is -0.493 e. The van der Waals surface area contributed by atoms with Crippen molar-refractivity contribution in [2.45, 2.75) is 19.4 Å². The molecule has 1 unspecified atom stereocenters. The van der Waals surface area contributed by atoms with Crippen molar-refractivity contribution in [3.05, 3.63) is 53.1 Å². The summed E-state index contributed by atoms with van der Waals surface area (Å²) in [6.45, 7) is 2.64. The first-order valence-corrected chi connectivity index (χ1v) is 5.96. The van der Waals surface area contributed by atoms with E-state index < -0.39 is 6.10 Å². The maximum absolute atomic E-state index is 10.2. The van der Waals surface area contributed by atoms with Crippen LogP contribution in [0.5, 0.6) is 5.75 Å². The Morgan fingerprint density at radius 1 is 1.28 bits per heavy atom. The molecule has 1 aliphatic rings. The van der Waals surface area contributed by atoms with E-state index >= 15 is 0 Å². The second-order valence-electron chi connectivity index (χ2n) is 4.49. The highest BCUT2D eigenvalue weighted by atomic mass is 16.5. The molecule has 0 saturated heterocycles. The van der Waals surface area contributed by atoms with Crippen LogP contribution in [0.15, 0.2) is 30.6 Å². The third-order valence-electron chi connectivity index (χ3n) is 3.07. The van der Waals surface area contributed by atoms with E-state index in [1.807, 2.05) is 25.1 Å². The van der Waals surface area contributed by atoms with Gasteiger partial charge in [0.1, 0.15) is 11.9 Å². The van der Waals surface area contributed by atoms with E-state index in [-0.39, 0.29) is 0 Å². The predicted molar refractivity (Wildman–Crippen MR) is 66.5 cm³/mol. The van der Waals surface area contributed by atoms with Gasteiger partial charge in [-0.25, -0.2) is 9.97 Å². The molecule has 0 fully saturated rings. The summed E-state index contributed by atoms with van der Waals surface area (Å²) in [5.74, 6) is 1.34. The van der Waals surface area contributed by atoms with Gasteiger partial charge in [0.05, 0.1) is 6.61 Å². The Kier molecular flexibility index (Phi) is 2.72. The molecule has 0 spiro atoms. The van der Waals surface area contributed by atoms with Crippen LogP contribution < -0.4 is 4.74 Å². The van der Waals surface area contributed by atoms with E-state index in [2.05, 4.69) is 9.97 Å². The molecule has 0 amide bonds. The molecule has 4 nitrogen and oxygen atoms in total. The molecule has 4 heteroatoms. The van der Waals surface area contributed by atoms with Crippen LogP contribution in [0.3, 0.4) is 0 Å². The van der Waals surface area contributed by atoms with Crippen LogP contribution in [-0.2, 0) is 6.42 Å². The highest BCUT2D eigenvalue weighted by molar-refractivity contribution is 5.41. The lowest BCUT2D eigenvalue weighted by atomic mass is 10.0. The maximum atomic E-state index is 10.2. The fraction of sp³-hybridized carbons (Fsp3) is 0.286. The molecule has 0 aliphatic carbocycles. The molecule has 1 aromatic carbocycles. The number of ether oxygens (including phenoxy) is 1. The van der Waals surface area contributed by atoms with Gasteiger partial charge in [0.25, 0.3) is 0 Å². The quantitative estimate of drug-likeness (QED) is 0.872. The summed E-state index contributed by atoms with van der Waals surface area (Å²) in [6.07, 6.45) is 3.53. The van der Waals surface area contributed by atoms with E-state index in [1.54, 1.807) is 12.4 Å². The summed E-state index contributed by atoms with van der Waals surface area (Å²) in [5.41, 5.74) is 2.93. The molecule has 1 aromatic heterocycles. The number of aliphatic hydroxyl groups excluding tert-OH is 1. The second kappa shape index (κ2) is 4.38. The van der Waals surface area contributed by atoms with Crippen LogP contribution in [0.4, 0.5) is 0 Å². The van der Waals surface area contributed by atoms with Crippen LogP contribution in [0.2, 0.25) is 0 Å². The van der Waals surface area contributed by atoms with Gasteiger partial charge in [0.2, 0.25) is 0 Å². The zero-order chi connectivity index (χ0) is 12.5. The molecule has 1 aliphatic heterocycles. The van der Waals surface area contributed by atoms with E-state index in [0.717, 1.165) is 35.5 Å². The Balaban J connectivity index is 1.92. The van der Waals surface area contributed by atoms with Gasteiger partial charge in [-0.2, -0.15) is 0 Å². The van der Waals surface area contributed by atoms with E-state index in [9.17, 15) is 5.11 Å². The van der Waals surface area contributed by atoms with Crippen LogP contribution in [0.25, 0.3) is 0 Å². The lowest BCUT2D eigenvalue weighted by Gasteiger charge is -2.10. The van der Waals surface area contributed by atoms with Crippen molar-refractivity contribution < 1.29 is 9.84 Å². The number of fused-ring (bicyclic) bond motifs is 1. The average Bonchev–Trinajstić information content (AvgIpc) is 2.86. The van der Waals surface area contributed by atoms with Crippen LogP contribution >= 0.6 is 0 Å². The molecular weight excluding hydrogens is 228 g/mol. The first-order chi connectivity index (χ1) is 8.74. The molecular formula is C14H14N2O2. The molecule has 0 saturated carbocycles. The molecule has 18 heavy (non-hydrogen) atoms. The summed E-state index contributed by atoms with van der Waals surface area (Å²) in [6, 6.07) is 5.73. The Labute approximate surface area is 105 Å². The number of aryl methyl sites for hydroxylation is 1. The Hall–Kier alpha value is -1.94. The Morgan fingerprint density at radius 2 is 2.06 bits per heavy atom. The number of hydrogen-bond acceptors (Lipinski definition) is 4. The van der Waals surface area contributed by atoms with Gasteiger partial charge < -0.3 is 9.84 Å². The first kappa shape index (κ1) is 11.2. The first-order valence-electron chi connectivity index (χ1n) is 5.96. The topological polar surface area (TPSA) is 55.2 Å². The van der Waals surface area contributed by atoms with E-state index in [0.29, 0.717) is 5.82 Å². The highest BCUT2D eigenvalue weighted by Crippen LogP contribution is 2.29. The molecule has 92 valence electrons. The van der Waals surface area contributed by atoms with Crippen molar-refractivity contribution in [2.24, 2.45) is 0 Å². The van der Waals surface area contributed by atoms with E-state index in [4.69, 9.17) is 4.74 Å². The standard InChI is InChI=1S/C14H14N2O2/c1-9-7-15-14(16-8-9)13(17)11-2-3-12-10(6-11)4-5-18-12/h2-3,6-8,13,17H,4-5H2,1H3. The SMILES string of the molecule is Cc1cnc(C(O)c2ccc3c(c2)CCO3)nc1. The second-order valence-corrected chi connectivity index (χ2v) is 4.49. The third kappa shape index (κ3) is 1.95. The normalized spacial score (nSPS) is 15.0. The van der Waals surface area contributed by atoms with Gasteiger partial charge >= 0.3 is 0 Å². The molecule has 1 N–H and O–H groups in total. The van der Waals surface area contributed by atoms with Crippen molar-refractivity contribution in [1.82, 2.24) is 9.97 Å². The van der Waals surface area contributed by atoms with Crippen LogP contribution in [0, 0.1) is 6.92 Å². The minimum atomic E-state index is -0.781. The van der Waals surface area contributed by atoms with Crippen molar-refractivity contribution in [2.75, 3.05) is 6.61 Å². The summed E-state index contributed by atoms with van der Waals surface area (Å²) in [7, 11) is 0. The van der Waals surface area contributed by atoms with Gasteiger partial charge in [-0.3, -0.25) is 0 Å². The number of hydrogen-bond donors (Lipinski definition) is 1. The monoisotopic (exact) mass is 242 g/mol. The average molecular weight is 242 g/mol. The Bertz CT molecular complexity index is 567. The lowest BCUT2D eigenvalue weighted by Crippen LogP contribution is -2.05. The molecule has 2 heterocycles. The number of benzene rings is 1. The molecule has 0 bridgehead atoms. The lowest BCUT2D eigenvalue weighted by molar-refractivity contribution is 0.209. The van der Waals surface area contributed by atoms with Gasteiger partial charge in [-0.1, -0.05) is 6.07 Å². The maximum Gasteiger partial charge on any atom is 0.161 e. The summed E-state index contributed by atoms with van der Waals surface area (Å²) < 4.78 is 5.44. The minimum absolute atomic E-state index is 0.430. The number of aromatic nitrogens is 2. The summed E-state index contributed by atoms with van der Waals surface area (Å²) in [5, 5.41) is 10.2. The Morgan fingerprint density at radius 3 is 2.83 bits per heavy atom. The van der Waals surface area contributed by atoms with Crippen LogP contribution in [-0.4, -0.2) is 21.7 Å². The zero-order valence-corrected chi connectivity index (χ0v) is 10.1. The predicted octanol–water partition coefficient (Wildman–Crippen LogP) is 1.80. The number of aliphatic hydroxyl groups is 1. The molecule has 2 aromatic rings. The molecule has 0 radical (unpaired) electrons. The summed E-state index contributed by atoms with van der Waals surface area (Å²) >= 11 is 0. The van der Waals surface area contributed by atoms with Crippen LogP contribution in [0.1, 0.15) is 28.6 Å². The third-order valence-corrected chi connectivity index (χ3v) is 3.07. The van der Waals surface area contributed by atoms with Crippen molar-refractivity contribution in [1.29, 1.82) is 0 Å². The van der Waals surface area contributed by atoms with Gasteiger partial charge in [-0.15, -0.1) is 0 Å². The van der Waals surface area contributed by atoms with E-state index in [1.165, 1.54) is 0 Å². The fourth-order valence-corrected chi connectivity index (χ4v) is 2.07. The number of rotatable bonds is 2. The zero-order valence-electron chi connectivity index (χ0n) is 10.1. The van der Waals surface area contributed by atoms with Gasteiger partial charge in [0.15, 0.2) is 5.82 Å². The largest absolute Gasteiger partial charge is 0.493 e. The smallest absolute Gasteiger partial charge is 0.161 e. The molecule has 1 atom stereocenters. The van der Waals surface area contributed by atoms with Crippen molar-refractivity contribution >= 4 is 0 Å². The van der Waals surface area contributed by atoms with Crippen molar-refractivity contribution in [3.8, 4) is 5.75 Å². The molecule has 3 rings (SSSR count). The van der Waals surface area contributed by atoms with Gasteiger partial charge in [0, 0.05) is 18.8 Å². The summed E-state index contributed by atoms with van der Waals surface area (Å²) in [4.78, 5) is 8.31. The fourth-order valence-electron chi connectivity index (χ4n) is 2.07. The van der Waals surface area contributed by atoms with Gasteiger partial charge in [-0.05, 0) is 35.7 Å². The van der Waals surface area contributed by atoms with Crippen molar-refractivity contribution in [3.63, 3.8) is 0 Å². The highest BCUT2D eigenvalue weighted by Gasteiger charge is 2.18. The number of nitrogens with zero attached hydrogens (tertiary/aromatic N) is 2.